The summed E-state index contributed by atoms with van der Waals surface area (Å²) >= 11 is 5.82. The summed E-state index contributed by atoms with van der Waals surface area (Å²) in [4.78, 5) is 0. The molecule has 0 aliphatic heterocycles. The van der Waals surface area contributed by atoms with Gasteiger partial charge in [0.15, 0.2) is 0 Å². The first kappa shape index (κ1) is 14.7. The van der Waals surface area contributed by atoms with E-state index in [1.54, 1.807) is 0 Å². The summed E-state index contributed by atoms with van der Waals surface area (Å²) in [6, 6.07) is 12.7. The average molecular weight is 300 g/mol. The third kappa shape index (κ3) is 3.67. The molecule has 0 amide bonds. The molecule has 1 N–H and O–H groups in total. The van der Waals surface area contributed by atoms with Crippen LogP contribution >= 0.6 is 11.6 Å². The lowest BCUT2D eigenvalue weighted by Gasteiger charge is -2.11. The van der Waals surface area contributed by atoms with Crippen LogP contribution in [0.1, 0.15) is 16.7 Å². The SMILES string of the molecule is FC(F)(F)c1ccc(CNc2ccccc2CCl)cc1. The van der Waals surface area contributed by atoms with E-state index in [4.69, 9.17) is 11.6 Å². The van der Waals surface area contributed by atoms with Crippen LogP contribution in [0.4, 0.5) is 18.9 Å². The number of hydrogen-bond donors (Lipinski definition) is 1. The number of nitrogens with one attached hydrogen (secondary N) is 1. The predicted octanol–water partition coefficient (Wildman–Crippen LogP) is 5.06. The molecule has 1 nitrogen and oxygen atoms in total. The van der Waals surface area contributed by atoms with E-state index in [9.17, 15) is 13.2 Å². The summed E-state index contributed by atoms with van der Waals surface area (Å²) in [5.41, 5.74) is 1.99. The number of rotatable bonds is 4. The summed E-state index contributed by atoms with van der Waals surface area (Å²) in [6.45, 7) is 0.450. The Morgan fingerprint density at radius 1 is 0.950 bits per heavy atom. The van der Waals surface area contributed by atoms with Gasteiger partial charge in [0.05, 0.1) is 5.56 Å². The average Bonchev–Trinajstić information content (AvgIpc) is 2.45. The molecule has 0 aliphatic carbocycles. The molecule has 20 heavy (non-hydrogen) atoms. The topological polar surface area (TPSA) is 12.0 Å². The van der Waals surface area contributed by atoms with Gasteiger partial charge < -0.3 is 5.32 Å². The highest BCUT2D eigenvalue weighted by atomic mass is 35.5. The van der Waals surface area contributed by atoms with Crippen molar-refractivity contribution in [3.63, 3.8) is 0 Å². The molecule has 0 spiro atoms. The van der Waals surface area contributed by atoms with Crippen molar-refractivity contribution in [3.05, 3.63) is 65.2 Å². The Hall–Kier alpha value is -1.68. The van der Waals surface area contributed by atoms with E-state index in [0.29, 0.717) is 12.4 Å². The van der Waals surface area contributed by atoms with E-state index in [2.05, 4.69) is 5.32 Å². The van der Waals surface area contributed by atoms with Gasteiger partial charge in [-0.2, -0.15) is 13.2 Å². The van der Waals surface area contributed by atoms with Gasteiger partial charge in [0.2, 0.25) is 0 Å². The molecule has 0 fully saturated rings. The van der Waals surface area contributed by atoms with Gasteiger partial charge in [-0.05, 0) is 29.3 Å². The van der Waals surface area contributed by atoms with Crippen molar-refractivity contribution in [1.82, 2.24) is 0 Å². The van der Waals surface area contributed by atoms with Crippen LogP contribution in [-0.4, -0.2) is 0 Å². The summed E-state index contributed by atoms with van der Waals surface area (Å²) in [7, 11) is 0. The molecule has 0 aromatic heterocycles. The molecule has 2 rings (SSSR count). The van der Waals surface area contributed by atoms with Gasteiger partial charge >= 0.3 is 6.18 Å². The third-order valence-corrected chi connectivity index (χ3v) is 3.21. The van der Waals surface area contributed by atoms with Crippen molar-refractivity contribution in [2.75, 3.05) is 5.32 Å². The lowest BCUT2D eigenvalue weighted by molar-refractivity contribution is -0.137. The highest BCUT2D eigenvalue weighted by Crippen LogP contribution is 2.29. The van der Waals surface area contributed by atoms with Crippen molar-refractivity contribution in [2.24, 2.45) is 0 Å². The van der Waals surface area contributed by atoms with Gasteiger partial charge in [0.1, 0.15) is 0 Å². The maximum absolute atomic E-state index is 12.4. The van der Waals surface area contributed by atoms with Crippen LogP contribution in [-0.2, 0) is 18.6 Å². The van der Waals surface area contributed by atoms with Gasteiger partial charge in [-0.15, -0.1) is 11.6 Å². The lowest BCUT2D eigenvalue weighted by atomic mass is 10.1. The Morgan fingerprint density at radius 3 is 2.20 bits per heavy atom. The Bertz CT molecular complexity index is 564. The first-order valence-corrected chi connectivity index (χ1v) is 6.58. The molecule has 106 valence electrons. The van der Waals surface area contributed by atoms with E-state index in [1.807, 2.05) is 24.3 Å². The Kier molecular flexibility index (Phi) is 4.55. The molecule has 2 aromatic carbocycles. The molecule has 0 atom stereocenters. The van der Waals surface area contributed by atoms with E-state index in [0.717, 1.165) is 28.9 Å². The molecule has 5 heteroatoms. The van der Waals surface area contributed by atoms with Crippen LogP contribution in [0.15, 0.2) is 48.5 Å². The molecule has 0 unspecified atom stereocenters. The zero-order valence-corrected chi connectivity index (χ0v) is 11.3. The van der Waals surface area contributed by atoms with E-state index >= 15 is 0 Å². The minimum absolute atomic E-state index is 0.385. The minimum atomic E-state index is -4.29. The fraction of sp³-hybridized carbons (Fsp3) is 0.200. The van der Waals surface area contributed by atoms with Crippen LogP contribution in [0.3, 0.4) is 0 Å². The zero-order chi connectivity index (χ0) is 14.6. The van der Waals surface area contributed by atoms with Crippen LogP contribution < -0.4 is 5.32 Å². The summed E-state index contributed by atoms with van der Waals surface area (Å²) in [5.74, 6) is 0.385. The number of para-hydroxylation sites is 1. The molecular formula is C15H13ClF3N. The third-order valence-electron chi connectivity index (χ3n) is 2.93. The fourth-order valence-electron chi connectivity index (χ4n) is 1.82. The smallest absolute Gasteiger partial charge is 0.381 e. The second-order valence-electron chi connectivity index (χ2n) is 4.34. The van der Waals surface area contributed by atoms with Crippen molar-refractivity contribution in [3.8, 4) is 0 Å². The van der Waals surface area contributed by atoms with Gasteiger partial charge in [0, 0.05) is 18.1 Å². The lowest BCUT2D eigenvalue weighted by Crippen LogP contribution is -2.06. The van der Waals surface area contributed by atoms with Crippen LogP contribution in [0, 0.1) is 0 Å². The second-order valence-corrected chi connectivity index (χ2v) is 4.61. The number of benzene rings is 2. The van der Waals surface area contributed by atoms with E-state index < -0.39 is 11.7 Å². The quantitative estimate of drug-likeness (QED) is 0.778. The fourth-order valence-corrected chi connectivity index (χ4v) is 2.05. The predicted molar refractivity (Wildman–Crippen MR) is 74.8 cm³/mol. The normalized spacial score (nSPS) is 11.4. The number of hydrogen-bond acceptors (Lipinski definition) is 1. The van der Waals surface area contributed by atoms with Crippen molar-refractivity contribution < 1.29 is 13.2 Å². The van der Waals surface area contributed by atoms with Crippen LogP contribution in [0.25, 0.3) is 0 Å². The van der Waals surface area contributed by atoms with Gasteiger partial charge in [-0.1, -0.05) is 30.3 Å². The largest absolute Gasteiger partial charge is 0.416 e. The maximum atomic E-state index is 12.4. The van der Waals surface area contributed by atoms with Crippen molar-refractivity contribution >= 4 is 17.3 Å². The van der Waals surface area contributed by atoms with Crippen LogP contribution in [0.5, 0.6) is 0 Å². The van der Waals surface area contributed by atoms with E-state index in [-0.39, 0.29) is 0 Å². The van der Waals surface area contributed by atoms with Gasteiger partial charge in [0.25, 0.3) is 0 Å². The molecule has 0 saturated heterocycles. The Morgan fingerprint density at radius 2 is 1.60 bits per heavy atom. The Labute approximate surface area is 120 Å². The molecular weight excluding hydrogens is 287 g/mol. The van der Waals surface area contributed by atoms with Crippen molar-refractivity contribution in [1.29, 1.82) is 0 Å². The first-order valence-electron chi connectivity index (χ1n) is 6.04. The minimum Gasteiger partial charge on any atom is -0.381 e. The molecule has 0 heterocycles. The highest BCUT2D eigenvalue weighted by molar-refractivity contribution is 6.17. The second kappa shape index (κ2) is 6.18. The summed E-state index contributed by atoms with van der Waals surface area (Å²) in [5, 5.41) is 3.17. The standard InChI is InChI=1S/C15H13ClF3N/c16-9-12-3-1-2-4-14(12)20-10-11-5-7-13(8-6-11)15(17,18)19/h1-8,20H,9-10H2. The first-order chi connectivity index (χ1) is 9.50. The molecule has 0 bridgehead atoms. The zero-order valence-electron chi connectivity index (χ0n) is 10.5. The summed E-state index contributed by atoms with van der Waals surface area (Å²) < 4.78 is 37.3. The highest BCUT2D eigenvalue weighted by Gasteiger charge is 2.29. The van der Waals surface area contributed by atoms with E-state index in [1.165, 1.54) is 12.1 Å². The van der Waals surface area contributed by atoms with Crippen molar-refractivity contribution in [2.45, 2.75) is 18.6 Å². The maximum Gasteiger partial charge on any atom is 0.416 e. The Balaban J connectivity index is 2.04. The van der Waals surface area contributed by atoms with Gasteiger partial charge in [-0.3, -0.25) is 0 Å². The number of halogens is 4. The molecule has 0 aliphatic rings. The summed E-state index contributed by atoms with van der Waals surface area (Å²) in [6.07, 6.45) is -4.29. The molecule has 0 radical (unpaired) electrons. The number of anilines is 1. The van der Waals surface area contributed by atoms with Crippen LogP contribution in [0.2, 0.25) is 0 Å². The molecule has 0 saturated carbocycles. The number of alkyl halides is 4. The van der Waals surface area contributed by atoms with Gasteiger partial charge in [-0.25, -0.2) is 0 Å². The molecule has 2 aromatic rings. The monoisotopic (exact) mass is 299 g/mol.